The Morgan fingerprint density at radius 3 is 2.04 bits per heavy atom. The zero-order valence-electron chi connectivity index (χ0n) is 15.2. The molecule has 3 rings (SSSR count). The predicted molar refractivity (Wildman–Crippen MR) is 112 cm³/mol. The predicted octanol–water partition coefficient (Wildman–Crippen LogP) is 4.57. The Hall–Kier alpha value is -4.04. The fraction of sp³-hybridized carbons (Fsp3) is 0.0435. The summed E-state index contributed by atoms with van der Waals surface area (Å²) in [5.74, 6) is -0.416. The lowest BCUT2D eigenvalue weighted by atomic mass is 10.2. The third kappa shape index (κ3) is 5.48. The monoisotopic (exact) mass is 368 g/mol. The van der Waals surface area contributed by atoms with Crippen LogP contribution in [0.2, 0.25) is 0 Å². The summed E-state index contributed by atoms with van der Waals surface area (Å²) in [5, 5.41) is 18.3. The fourth-order valence-corrected chi connectivity index (χ4v) is 2.52. The Bertz CT molecular complexity index is 975. The Morgan fingerprint density at radius 2 is 1.39 bits per heavy atom. The van der Waals surface area contributed by atoms with E-state index in [1.165, 1.54) is 6.20 Å². The van der Waals surface area contributed by atoms with Gasteiger partial charge < -0.3 is 16.0 Å². The topological polar surface area (TPSA) is 77.0 Å². The van der Waals surface area contributed by atoms with Crippen molar-refractivity contribution in [2.24, 2.45) is 0 Å². The lowest BCUT2D eigenvalue weighted by Crippen LogP contribution is -2.24. The van der Waals surface area contributed by atoms with Gasteiger partial charge in [0.05, 0.1) is 0 Å². The molecule has 0 spiro atoms. The summed E-state index contributed by atoms with van der Waals surface area (Å²) in [4.78, 5) is 12.2. The molecule has 28 heavy (non-hydrogen) atoms. The second kappa shape index (κ2) is 9.60. The van der Waals surface area contributed by atoms with Crippen molar-refractivity contribution in [2.75, 3.05) is 10.6 Å². The summed E-state index contributed by atoms with van der Waals surface area (Å²) in [6, 6.07) is 28.9. The van der Waals surface area contributed by atoms with Gasteiger partial charge >= 0.3 is 0 Å². The van der Waals surface area contributed by atoms with E-state index in [1.54, 1.807) is 0 Å². The van der Waals surface area contributed by atoms with Gasteiger partial charge in [0.1, 0.15) is 11.6 Å². The molecule has 0 fully saturated rings. The number of carbonyl (C=O) groups is 1. The molecule has 0 atom stereocenters. The minimum atomic E-state index is -0.416. The summed E-state index contributed by atoms with van der Waals surface area (Å²) >= 11 is 0. The van der Waals surface area contributed by atoms with Crippen LogP contribution < -0.4 is 16.0 Å². The number of hydrogen-bond donors (Lipinski definition) is 3. The molecular weight excluding hydrogens is 348 g/mol. The fourth-order valence-electron chi connectivity index (χ4n) is 2.52. The molecule has 5 nitrogen and oxygen atoms in total. The molecule has 0 aromatic heterocycles. The molecule has 0 aliphatic rings. The average Bonchev–Trinajstić information content (AvgIpc) is 2.75. The second-order valence-corrected chi connectivity index (χ2v) is 6.05. The number of hydrogen-bond acceptors (Lipinski definition) is 4. The van der Waals surface area contributed by atoms with Gasteiger partial charge in [0, 0.05) is 29.8 Å². The van der Waals surface area contributed by atoms with E-state index in [0.717, 1.165) is 22.6 Å². The Kier molecular flexibility index (Phi) is 6.43. The van der Waals surface area contributed by atoms with Gasteiger partial charge in [0.15, 0.2) is 0 Å². The number of nitriles is 1. The van der Waals surface area contributed by atoms with Crippen molar-refractivity contribution in [2.45, 2.75) is 6.54 Å². The van der Waals surface area contributed by atoms with Crippen molar-refractivity contribution in [3.05, 3.63) is 102 Å². The number of anilines is 3. The van der Waals surface area contributed by atoms with Crippen molar-refractivity contribution in [1.82, 2.24) is 5.32 Å². The van der Waals surface area contributed by atoms with Crippen molar-refractivity contribution in [3.8, 4) is 6.07 Å². The van der Waals surface area contributed by atoms with E-state index in [9.17, 15) is 10.1 Å². The number of nitrogens with zero attached hydrogens (tertiary/aromatic N) is 1. The molecule has 0 bridgehead atoms. The third-order valence-electron chi connectivity index (χ3n) is 3.99. The zero-order valence-corrected chi connectivity index (χ0v) is 15.2. The second-order valence-electron chi connectivity index (χ2n) is 6.05. The quantitative estimate of drug-likeness (QED) is 0.422. The highest BCUT2D eigenvalue weighted by Crippen LogP contribution is 2.18. The zero-order chi connectivity index (χ0) is 19.6. The van der Waals surface area contributed by atoms with E-state index in [0.29, 0.717) is 6.54 Å². The molecule has 138 valence electrons. The molecule has 0 aliphatic heterocycles. The van der Waals surface area contributed by atoms with Crippen molar-refractivity contribution >= 4 is 23.0 Å². The Morgan fingerprint density at radius 1 is 0.821 bits per heavy atom. The number of rotatable bonds is 7. The van der Waals surface area contributed by atoms with Gasteiger partial charge in [-0.1, -0.05) is 48.5 Å². The van der Waals surface area contributed by atoms with Crippen LogP contribution in [0.4, 0.5) is 17.1 Å². The van der Waals surface area contributed by atoms with Gasteiger partial charge in [-0.15, -0.1) is 0 Å². The van der Waals surface area contributed by atoms with Crippen molar-refractivity contribution < 1.29 is 4.79 Å². The van der Waals surface area contributed by atoms with Crippen LogP contribution in [0, 0.1) is 11.3 Å². The van der Waals surface area contributed by atoms with Crippen LogP contribution >= 0.6 is 0 Å². The van der Waals surface area contributed by atoms with Gasteiger partial charge in [-0.25, -0.2) is 0 Å². The van der Waals surface area contributed by atoms with E-state index >= 15 is 0 Å². The van der Waals surface area contributed by atoms with Crippen molar-refractivity contribution in [3.63, 3.8) is 0 Å². The maximum atomic E-state index is 12.2. The number of amides is 1. The van der Waals surface area contributed by atoms with Crippen LogP contribution in [-0.4, -0.2) is 5.91 Å². The van der Waals surface area contributed by atoms with Gasteiger partial charge in [-0.3, -0.25) is 4.79 Å². The number of nitrogens with one attached hydrogen (secondary N) is 3. The molecule has 0 saturated carbocycles. The van der Waals surface area contributed by atoms with Crippen LogP contribution in [0.5, 0.6) is 0 Å². The van der Waals surface area contributed by atoms with E-state index in [4.69, 9.17) is 0 Å². The molecule has 3 aromatic carbocycles. The molecule has 0 unspecified atom stereocenters. The van der Waals surface area contributed by atoms with Crippen LogP contribution in [0.25, 0.3) is 0 Å². The summed E-state index contributed by atoms with van der Waals surface area (Å²) in [6.07, 6.45) is 1.42. The highest BCUT2D eigenvalue weighted by Gasteiger charge is 2.08. The summed E-state index contributed by atoms with van der Waals surface area (Å²) < 4.78 is 0. The molecule has 1 amide bonds. The van der Waals surface area contributed by atoms with Crippen LogP contribution in [-0.2, 0) is 11.3 Å². The maximum absolute atomic E-state index is 12.2. The number of benzene rings is 3. The standard InChI is InChI=1S/C23H20N4O/c24-15-19(23(28)26-16-18-7-3-1-4-8-18)17-25-20-11-13-22(14-12-20)27-21-9-5-2-6-10-21/h1-14,17,25,27H,16H2,(H,26,28)/b19-17-. The van der Waals surface area contributed by atoms with Crippen LogP contribution in [0.15, 0.2) is 96.7 Å². The summed E-state index contributed by atoms with van der Waals surface area (Å²) in [7, 11) is 0. The normalized spacial score (nSPS) is 10.6. The van der Waals surface area contributed by atoms with Crippen molar-refractivity contribution in [1.29, 1.82) is 5.26 Å². The van der Waals surface area contributed by atoms with E-state index < -0.39 is 5.91 Å². The molecule has 0 saturated heterocycles. The molecule has 5 heteroatoms. The summed E-state index contributed by atoms with van der Waals surface area (Å²) in [6.45, 7) is 0.374. The minimum Gasteiger partial charge on any atom is -0.360 e. The lowest BCUT2D eigenvalue weighted by Gasteiger charge is -2.08. The van der Waals surface area contributed by atoms with Crippen LogP contribution in [0.3, 0.4) is 0 Å². The first-order valence-electron chi connectivity index (χ1n) is 8.85. The Balaban J connectivity index is 1.56. The van der Waals surface area contributed by atoms with E-state index in [-0.39, 0.29) is 5.57 Å². The molecule has 0 aliphatic carbocycles. The molecule has 3 aromatic rings. The van der Waals surface area contributed by atoms with E-state index in [1.807, 2.05) is 91.0 Å². The SMILES string of the molecule is N#C/C(=C/Nc1ccc(Nc2ccccc2)cc1)C(=O)NCc1ccccc1. The van der Waals surface area contributed by atoms with E-state index in [2.05, 4.69) is 16.0 Å². The molecular formula is C23H20N4O. The molecule has 0 heterocycles. The Labute approximate surface area is 164 Å². The largest absolute Gasteiger partial charge is 0.360 e. The maximum Gasteiger partial charge on any atom is 0.263 e. The first-order chi connectivity index (χ1) is 13.7. The van der Waals surface area contributed by atoms with Crippen LogP contribution in [0.1, 0.15) is 5.56 Å². The van der Waals surface area contributed by atoms with Gasteiger partial charge in [-0.05, 0) is 42.0 Å². The lowest BCUT2D eigenvalue weighted by molar-refractivity contribution is -0.117. The highest BCUT2D eigenvalue weighted by atomic mass is 16.1. The molecule has 3 N–H and O–H groups in total. The number of carbonyl (C=O) groups excluding carboxylic acids is 1. The molecule has 0 radical (unpaired) electrons. The third-order valence-corrected chi connectivity index (χ3v) is 3.99. The smallest absolute Gasteiger partial charge is 0.263 e. The average molecular weight is 368 g/mol. The van der Waals surface area contributed by atoms with Gasteiger partial charge in [-0.2, -0.15) is 5.26 Å². The van der Waals surface area contributed by atoms with Gasteiger partial charge in [0.25, 0.3) is 5.91 Å². The van der Waals surface area contributed by atoms with Gasteiger partial charge in [0.2, 0.25) is 0 Å². The first-order valence-corrected chi connectivity index (χ1v) is 8.85. The summed E-state index contributed by atoms with van der Waals surface area (Å²) in [5.41, 5.74) is 3.72. The first kappa shape index (κ1) is 18.7. The minimum absolute atomic E-state index is 0.0161. The highest BCUT2D eigenvalue weighted by molar-refractivity contribution is 5.97. The number of para-hydroxylation sites is 1.